The summed E-state index contributed by atoms with van der Waals surface area (Å²) in [6, 6.07) is 10.5. The highest BCUT2D eigenvalue weighted by Crippen LogP contribution is 2.43. The van der Waals surface area contributed by atoms with Crippen LogP contribution in [0.25, 0.3) is 6.08 Å². The third kappa shape index (κ3) is 5.55. The Morgan fingerprint density at radius 2 is 1.68 bits per heavy atom. The number of non-ortho nitro benzene ring substituents is 1. The average Bonchev–Trinajstić information content (AvgIpc) is 2.89. The van der Waals surface area contributed by atoms with Gasteiger partial charge in [-0.15, -0.1) is 0 Å². The van der Waals surface area contributed by atoms with Crippen molar-refractivity contribution in [2.45, 2.75) is 6.92 Å². The van der Waals surface area contributed by atoms with Crippen LogP contribution in [0.15, 0.2) is 60.2 Å². The number of carbonyl (C=O) groups is 3. The van der Waals surface area contributed by atoms with Crippen molar-refractivity contribution in [1.82, 2.24) is 5.32 Å². The Hall–Kier alpha value is -5.01. The lowest BCUT2D eigenvalue weighted by Gasteiger charge is -2.27. The molecule has 15 heteroatoms. The van der Waals surface area contributed by atoms with Crippen LogP contribution in [0.4, 0.5) is 21.9 Å². The number of carbonyl (C=O) groups excluding carboxylic acids is 3. The van der Waals surface area contributed by atoms with Crippen LogP contribution in [-0.4, -0.2) is 34.3 Å². The fourth-order valence-corrected chi connectivity index (χ4v) is 4.15. The number of barbiturate groups is 1. The number of nitro groups is 2. The van der Waals surface area contributed by atoms with Crippen molar-refractivity contribution in [3.05, 3.63) is 96.0 Å². The maximum absolute atomic E-state index is 13.2. The number of hydrogen-bond acceptors (Lipinski definition) is 9. The van der Waals surface area contributed by atoms with Gasteiger partial charge in [-0.05, 0) is 48.9 Å². The highest BCUT2D eigenvalue weighted by molar-refractivity contribution is 6.42. The summed E-state index contributed by atoms with van der Waals surface area (Å²) in [6.07, 6.45) is 1.17. The molecule has 0 radical (unpaired) electrons. The van der Waals surface area contributed by atoms with Gasteiger partial charge in [0.2, 0.25) is 5.75 Å². The molecule has 1 aliphatic rings. The highest BCUT2D eigenvalue weighted by Gasteiger charge is 2.37. The lowest BCUT2D eigenvalue weighted by molar-refractivity contribution is -0.394. The molecule has 0 aliphatic carbocycles. The van der Waals surface area contributed by atoms with Gasteiger partial charge in [0, 0.05) is 6.07 Å². The molecule has 1 N–H and O–H groups in total. The molecule has 3 aromatic carbocycles. The molecule has 4 amide bonds. The maximum Gasteiger partial charge on any atom is 0.335 e. The van der Waals surface area contributed by atoms with E-state index >= 15 is 0 Å². The van der Waals surface area contributed by atoms with Gasteiger partial charge in [0.25, 0.3) is 17.5 Å². The van der Waals surface area contributed by atoms with Gasteiger partial charge in [-0.25, -0.2) is 9.69 Å². The Bertz CT molecular complexity index is 1620. The number of anilines is 1. The van der Waals surface area contributed by atoms with Crippen LogP contribution < -0.4 is 19.7 Å². The van der Waals surface area contributed by atoms with Crippen LogP contribution >= 0.6 is 23.2 Å². The molecule has 0 saturated carbocycles. The predicted octanol–water partition coefficient (Wildman–Crippen LogP) is 5.67. The molecule has 0 spiro atoms. The van der Waals surface area contributed by atoms with E-state index in [9.17, 15) is 34.6 Å². The summed E-state index contributed by atoms with van der Waals surface area (Å²) in [6.45, 7) is 1.74. The monoisotopic (exact) mass is 586 g/mol. The van der Waals surface area contributed by atoms with Crippen molar-refractivity contribution >= 4 is 64.2 Å². The quantitative estimate of drug-likeness (QED) is 0.151. The number of amides is 4. The number of nitrogens with one attached hydrogen (secondary N) is 1. The number of benzene rings is 3. The smallest absolute Gasteiger partial charge is 0.335 e. The van der Waals surface area contributed by atoms with Gasteiger partial charge in [-0.2, -0.15) is 0 Å². The molecule has 3 aromatic rings. The molecule has 1 fully saturated rings. The SMILES string of the molecule is CCOc1cc(/C=C2\C(=O)NC(=O)N(c3ccccc3Cl)C2=O)cc(Cl)c1Oc1ccc([N+](=O)[O-])cc1[N+](=O)[O-]. The third-order valence-corrected chi connectivity index (χ3v) is 6.00. The lowest BCUT2D eigenvalue weighted by atomic mass is 10.1. The number of ether oxygens (including phenoxy) is 2. The molecule has 13 nitrogen and oxygen atoms in total. The third-order valence-electron chi connectivity index (χ3n) is 5.40. The van der Waals surface area contributed by atoms with E-state index in [2.05, 4.69) is 5.32 Å². The van der Waals surface area contributed by atoms with Crippen molar-refractivity contribution in [3.63, 3.8) is 0 Å². The Labute approximate surface area is 234 Å². The van der Waals surface area contributed by atoms with Crippen LogP contribution in [-0.2, 0) is 9.59 Å². The van der Waals surface area contributed by atoms with Gasteiger partial charge in [0.15, 0.2) is 11.5 Å². The standard InChI is InChI=1S/C25H16Cl2N4O9/c1-2-39-21-11-13(9-15-23(32)28-25(34)29(24(15)33)18-6-4-3-5-16(18)26)10-17(27)22(21)40-20-8-7-14(30(35)36)12-19(20)31(37)38/h3-12H,2H2,1H3,(H,28,32,34)/b15-9+. The molecule has 204 valence electrons. The first-order chi connectivity index (χ1) is 19.0. The second-order valence-corrected chi connectivity index (χ2v) is 8.75. The normalized spacial score (nSPS) is 14.2. The van der Waals surface area contributed by atoms with Crippen molar-refractivity contribution in [2.75, 3.05) is 11.5 Å². The van der Waals surface area contributed by atoms with E-state index < -0.39 is 44.6 Å². The Morgan fingerprint density at radius 1 is 0.950 bits per heavy atom. The second kappa shape index (κ2) is 11.4. The topological polar surface area (TPSA) is 171 Å². The minimum atomic E-state index is -0.985. The van der Waals surface area contributed by atoms with E-state index in [1.165, 1.54) is 30.3 Å². The minimum absolute atomic E-state index is 0.0165. The van der Waals surface area contributed by atoms with Gasteiger partial charge in [-0.1, -0.05) is 35.3 Å². The summed E-state index contributed by atoms with van der Waals surface area (Å²) < 4.78 is 11.2. The van der Waals surface area contributed by atoms with Crippen LogP contribution in [0.2, 0.25) is 10.0 Å². The van der Waals surface area contributed by atoms with Gasteiger partial charge >= 0.3 is 11.7 Å². The van der Waals surface area contributed by atoms with Crippen LogP contribution in [0.3, 0.4) is 0 Å². The summed E-state index contributed by atoms with van der Waals surface area (Å²) in [5.74, 6) is -2.43. The molecule has 0 aromatic heterocycles. The van der Waals surface area contributed by atoms with E-state index in [0.717, 1.165) is 18.2 Å². The zero-order chi connectivity index (χ0) is 29.1. The number of urea groups is 1. The first-order valence-electron chi connectivity index (χ1n) is 11.2. The summed E-state index contributed by atoms with van der Waals surface area (Å²) in [7, 11) is 0. The average molecular weight is 587 g/mol. The molecule has 1 heterocycles. The van der Waals surface area contributed by atoms with E-state index in [1.807, 2.05) is 0 Å². The minimum Gasteiger partial charge on any atom is -0.490 e. The summed E-state index contributed by atoms with van der Waals surface area (Å²) >= 11 is 12.6. The summed E-state index contributed by atoms with van der Waals surface area (Å²) in [5.41, 5.74) is -1.38. The first kappa shape index (κ1) is 28.0. The fraction of sp³-hybridized carbons (Fsp3) is 0.0800. The van der Waals surface area contributed by atoms with E-state index in [0.29, 0.717) is 4.90 Å². The second-order valence-electron chi connectivity index (χ2n) is 7.94. The van der Waals surface area contributed by atoms with Gasteiger partial charge in [0.1, 0.15) is 5.57 Å². The van der Waals surface area contributed by atoms with Crippen LogP contribution in [0, 0.1) is 20.2 Å². The molecule has 0 bridgehead atoms. The first-order valence-corrected chi connectivity index (χ1v) is 12.0. The van der Waals surface area contributed by atoms with Crippen LogP contribution in [0.5, 0.6) is 17.2 Å². The number of nitrogens with zero attached hydrogens (tertiary/aromatic N) is 3. The Balaban J connectivity index is 1.75. The predicted molar refractivity (Wildman–Crippen MR) is 143 cm³/mol. The number of para-hydroxylation sites is 1. The fourth-order valence-electron chi connectivity index (χ4n) is 3.67. The molecule has 4 rings (SSSR count). The van der Waals surface area contributed by atoms with Crippen molar-refractivity contribution in [1.29, 1.82) is 0 Å². The largest absolute Gasteiger partial charge is 0.490 e. The molecule has 40 heavy (non-hydrogen) atoms. The van der Waals surface area contributed by atoms with Gasteiger partial charge in [-0.3, -0.25) is 35.1 Å². The van der Waals surface area contributed by atoms with E-state index in [1.54, 1.807) is 19.1 Å². The van der Waals surface area contributed by atoms with Crippen molar-refractivity contribution in [2.24, 2.45) is 0 Å². The number of rotatable bonds is 8. The number of nitro benzene ring substituents is 2. The zero-order valence-electron chi connectivity index (χ0n) is 20.3. The lowest BCUT2D eigenvalue weighted by Crippen LogP contribution is -2.54. The molecule has 1 aliphatic heterocycles. The molecular weight excluding hydrogens is 571 g/mol. The Morgan fingerprint density at radius 3 is 2.33 bits per heavy atom. The number of imide groups is 2. The molecule has 0 atom stereocenters. The van der Waals surface area contributed by atoms with Crippen molar-refractivity contribution in [3.8, 4) is 17.2 Å². The van der Waals surface area contributed by atoms with Crippen LogP contribution in [0.1, 0.15) is 12.5 Å². The van der Waals surface area contributed by atoms with Gasteiger partial charge < -0.3 is 9.47 Å². The highest BCUT2D eigenvalue weighted by atomic mass is 35.5. The zero-order valence-corrected chi connectivity index (χ0v) is 21.8. The number of hydrogen-bond donors (Lipinski definition) is 1. The Kier molecular flexibility index (Phi) is 7.98. The molecular formula is C25H16Cl2N4O9. The summed E-state index contributed by atoms with van der Waals surface area (Å²) in [4.78, 5) is 59.9. The molecule has 0 unspecified atom stereocenters. The molecule has 1 saturated heterocycles. The van der Waals surface area contributed by atoms with E-state index in [-0.39, 0.29) is 45.2 Å². The van der Waals surface area contributed by atoms with E-state index in [4.69, 9.17) is 32.7 Å². The van der Waals surface area contributed by atoms with Gasteiger partial charge in [0.05, 0.1) is 38.3 Å². The van der Waals surface area contributed by atoms with Crippen molar-refractivity contribution < 1.29 is 33.7 Å². The summed E-state index contributed by atoms with van der Waals surface area (Å²) in [5, 5.41) is 24.6. The number of halogens is 2. The maximum atomic E-state index is 13.2.